The highest BCUT2D eigenvalue weighted by atomic mass is 16.5. The standard InChI is InChI=1S/C23H37N5O2/c1-8-30-22-15-19(11-12-21(22)29-7)10-9-13-25-23(24-5)26-16(2)14-20-17(3)27-28(6)18(20)4/h11-12,15-16H,8-10,13-14H2,1-7H3,(H2,24,25,26). The molecule has 1 aromatic carbocycles. The van der Waals surface area contributed by atoms with Crippen LogP contribution in [0.25, 0.3) is 0 Å². The number of aromatic nitrogens is 2. The van der Waals surface area contributed by atoms with Crippen molar-refractivity contribution in [1.82, 2.24) is 20.4 Å². The number of nitrogens with zero attached hydrogens (tertiary/aromatic N) is 3. The Morgan fingerprint density at radius 2 is 2.03 bits per heavy atom. The molecule has 30 heavy (non-hydrogen) atoms. The monoisotopic (exact) mass is 415 g/mol. The first kappa shape index (κ1) is 23.6. The minimum atomic E-state index is 0.258. The van der Waals surface area contributed by atoms with E-state index in [0.717, 1.165) is 49.0 Å². The maximum atomic E-state index is 5.67. The molecule has 2 aromatic rings. The van der Waals surface area contributed by atoms with Crippen molar-refractivity contribution in [1.29, 1.82) is 0 Å². The van der Waals surface area contributed by atoms with Gasteiger partial charge < -0.3 is 20.1 Å². The van der Waals surface area contributed by atoms with Gasteiger partial charge in [0.1, 0.15) is 0 Å². The number of benzene rings is 1. The number of hydrogen-bond donors (Lipinski definition) is 2. The maximum Gasteiger partial charge on any atom is 0.191 e. The molecule has 1 aromatic heterocycles. The average Bonchev–Trinajstić information content (AvgIpc) is 2.96. The number of ether oxygens (including phenoxy) is 2. The van der Waals surface area contributed by atoms with Crippen molar-refractivity contribution in [2.24, 2.45) is 12.0 Å². The first-order valence-corrected chi connectivity index (χ1v) is 10.7. The number of aliphatic imine (C=N–C) groups is 1. The lowest BCUT2D eigenvalue weighted by atomic mass is 10.1. The summed E-state index contributed by atoms with van der Waals surface area (Å²) in [4.78, 5) is 4.36. The topological polar surface area (TPSA) is 72.7 Å². The van der Waals surface area contributed by atoms with E-state index in [9.17, 15) is 0 Å². The third-order valence-corrected chi connectivity index (χ3v) is 5.24. The molecule has 0 radical (unpaired) electrons. The van der Waals surface area contributed by atoms with Gasteiger partial charge in [-0.05, 0) is 70.2 Å². The molecule has 0 fully saturated rings. The summed E-state index contributed by atoms with van der Waals surface area (Å²) >= 11 is 0. The normalized spacial score (nSPS) is 12.6. The third-order valence-electron chi connectivity index (χ3n) is 5.24. The molecule has 0 saturated heterocycles. The fourth-order valence-electron chi connectivity index (χ4n) is 3.54. The number of nitrogens with one attached hydrogen (secondary N) is 2. The van der Waals surface area contributed by atoms with Gasteiger partial charge in [-0.15, -0.1) is 0 Å². The molecule has 0 amide bonds. The van der Waals surface area contributed by atoms with Gasteiger partial charge in [-0.1, -0.05) is 6.07 Å². The van der Waals surface area contributed by atoms with Gasteiger partial charge in [0.05, 0.1) is 19.4 Å². The van der Waals surface area contributed by atoms with E-state index >= 15 is 0 Å². The van der Waals surface area contributed by atoms with E-state index in [1.807, 2.05) is 24.7 Å². The van der Waals surface area contributed by atoms with Crippen LogP contribution in [0.4, 0.5) is 0 Å². The van der Waals surface area contributed by atoms with Crippen LogP contribution in [-0.2, 0) is 19.9 Å². The molecule has 1 unspecified atom stereocenters. The Morgan fingerprint density at radius 1 is 1.27 bits per heavy atom. The molecule has 0 spiro atoms. The third kappa shape index (κ3) is 6.40. The SMILES string of the molecule is CCOc1cc(CCCNC(=NC)NC(C)Cc2c(C)nn(C)c2C)ccc1OC. The van der Waals surface area contributed by atoms with Crippen LogP contribution in [-0.4, -0.2) is 49.1 Å². The molecule has 0 aliphatic carbocycles. The molecule has 166 valence electrons. The molecule has 0 saturated carbocycles. The number of rotatable bonds is 10. The van der Waals surface area contributed by atoms with Gasteiger partial charge in [0.2, 0.25) is 0 Å². The van der Waals surface area contributed by atoms with Gasteiger partial charge >= 0.3 is 0 Å². The first-order chi connectivity index (χ1) is 14.4. The van der Waals surface area contributed by atoms with Gasteiger partial charge in [0.25, 0.3) is 0 Å². The van der Waals surface area contributed by atoms with Crippen molar-refractivity contribution in [3.05, 3.63) is 40.7 Å². The van der Waals surface area contributed by atoms with E-state index < -0.39 is 0 Å². The minimum Gasteiger partial charge on any atom is -0.493 e. The smallest absolute Gasteiger partial charge is 0.191 e. The van der Waals surface area contributed by atoms with E-state index in [4.69, 9.17) is 9.47 Å². The number of guanidine groups is 1. The van der Waals surface area contributed by atoms with Gasteiger partial charge in [0, 0.05) is 32.4 Å². The molecule has 7 heteroatoms. The van der Waals surface area contributed by atoms with Crippen molar-refractivity contribution in [2.75, 3.05) is 27.3 Å². The highest BCUT2D eigenvalue weighted by molar-refractivity contribution is 5.79. The van der Waals surface area contributed by atoms with Crippen LogP contribution < -0.4 is 20.1 Å². The van der Waals surface area contributed by atoms with Crippen LogP contribution in [0.5, 0.6) is 11.5 Å². The molecule has 7 nitrogen and oxygen atoms in total. The summed E-state index contributed by atoms with van der Waals surface area (Å²) in [5, 5.41) is 11.4. The zero-order valence-electron chi connectivity index (χ0n) is 19.5. The Hall–Kier alpha value is -2.70. The summed E-state index contributed by atoms with van der Waals surface area (Å²) in [7, 11) is 5.46. The predicted octanol–water partition coefficient (Wildman–Crippen LogP) is 3.17. The second kappa shape index (κ2) is 11.5. The second-order valence-electron chi connectivity index (χ2n) is 7.54. The highest BCUT2D eigenvalue weighted by Gasteiger charge is 2.14. The molecule has 1 heterocycles. The minimum absolute atomic E-state index is 0.258. The van der Waals surface area contributed by atoms with Crippen LogP contribution in [0.15, 0.2) is 23.2 Å². The van der Waals surface area contributed by atoms with Crippen LogP contribution in [0.1, 0.15) is 42.8 Å². The Morgan fingerprint density at radius 3 is 2.63 bits per heavy atom. The second-order valence-corrected chi connectivity index (χ2v) is 7.54. The maximum absolute atomic E-state index is 5.67. The Balaban J connectivity index is 1.81. The Labute approximate surface area is 180 Å². The Kier molecular flexibility index (Phi) is 9.02. The van der Waals surface area contributed by atoms with Gasteiger partial charge in [-0.3, -0.25) is 9.67 Å². The van der Waals surface area contributed by atoms with Crippen LogP contribution in [0.3, 0.4) is 0 Å². The van der Waals surface area contributed by atoms with Crippen molar-refractivity contribution in [3.63, 3.8) is 0 Å². The highest BCUT2D eigenvalue weighted by Crippen LogP contribution is 2.28. The largest absolute Gasteiger partial charge is 0.493 e. The summed E-state index contributed by atoms with van der Waals surface area (Å²) in [5.41, 5.74) is 4.85. The molecule has 0 aliphatic heterocycles. The van der Waals surface area contributed by atoms with Gasteiger partial charge in [0.15, 0.2) is 17.5 Å². The lowest BCUT2D eigenvalue weighted by Gasteiger charge is -2.18. The van der Waals surface area contributed by atoms with Crippen molar-refractivity contribution < 1.29 is 9.47 Å². The van der Waals surface area contributed by atoms with E-state index in [2.05, 4.69) is 53.6 Å². The quantitative estimate of drug-likeness (QED) is 0.354. The fourth-order valence-corrected chi connectivity index (χ4v) is 3.54. The molecule has 1 atom stereocenters. The zero-order valence-corrected chi connectivity index (χ0v) is 19.5. The van der Waals surface area contributed by atoms with Crippen LogP contribution >= 0.6 is 0 Å². The average molecular weight is 416 g/mol. The number of aryl methyl sites for hydroxylation is 3. The number of methoxy groups -OCH3 is 1. The summed E-state index contributed by atoms with van der Waals surface area (Å²) in [6.07, 6.45) is 2.86. The summed E-state index contributed by atoms with van der Waals surface area (Å²) in [5.74, 6) is 2.40. The van der Waals surface area contributed by atoms with Gasteiger partial charge in [-0.2, -0.15) is 5.10 Å². The summed E-state index contributed by atoms with van der Waals surface area (Å²) in [6.45, 7) is 9.80. The van der Waals surface area contributed by atoms with E-state index in [1.165, 1.54) is 16.8 Å². The van der Waals surface area contributed by atoms with E-state index in [1.54, 1.807) is 14.2 Å². The molecule has 2 N–H and O–H groups in total. The molecule has 0 aliphatic rings. The molecule has 0 bridgehead atoms. The van der Waals surface area contributed by atoms with E-state index in [-0.39, 0.29) is 6.04 Å². The van der Waals surface area contributed by atoms with Crippen molar-refractivity contribution in [3.8, 4) is 11.5 Å². The Bertz CT molecular complexity index is 844. The van der Waals surface area contributed by atoms with Crippen LogP contribution in [0, 0.1) is 13.8 Å². The lowest BCUT2D eigenvalue weighted by molar-refractivity contribution is 0.310. The van der Waals surface area contributed by atoms with E-state index in [0.29, 0.717) is 6.61 Å². The van der Waals surface area contributed by atoms with Crippen molar-refractivity contribution in [2.45, 2.75) is 53.0 Å². The molecular formula is C23H37N5O2. The summed E-state index contributed by atoms with van der Waals surface area (Å²) < 4.78 is 13.0. The first-order valence-electron chi connectivity index (χ1n) is 10.7. The number of hydrogen-bond acceptors (Lipinski definition) is 4. The molecule has 2 rings (SSSR count). The van der Waals surface area contributed by atoms with Gasteiger partial charge in [-0.25, -0.2) is 0 Å². The fraction of sp³-hybridized carbons (Fsp3) is 0.565. The molecular weight excluding hydrogens is 378 g/mol. The predicted molar refractivity (Wildman–Crippen MR) is 123 cm³/mol. The summed E-state index contributed by atoms with van der Waals surface area (Å²) in [6, 6.07) is 6.39. The van der Waals surface area contributed by atoms with Crippen molar-refractivity contribution >= 4 is 5.96 Å². The zero-order chi connectivity index (χ0) is 22.1. The van der Waals surface area contributed by atoms with Crippen LogP contribution in [0.2, 0.25) is 0 Å². The lowest BCUT2D eigenvalue weighted by Crippen LogP contribution is -2.43.